The van der Waals surface area contributed by atoms with Gasteiger partial charge in [0.1, 0.15) is 5.60 Å². The summed E-state index contributed by atoms with van der Waals surface area (Å²) in [5.41, 5.74) is 5.19. The second kappa shape index (κ2) is 7.01. The van der Waals surface area contributed by atoms with Crippen LogP contribution in [0.2, 0.25) is 0 Å². The van der Waals surface area contributed by atoms with Gasteiger partial charge in [-0.05, 0) is 6.42 Å². The van der Waals surface area contributed by atoms with Gasteiger partial charge in [0.15, 0.2) is 0 Å². The van der Waals surface area contributed by atoms with Gasteiger partial charge in [0, 0.05) is 26.7 Å². The average molecular weight is 274 g/mol. The molecular formula is C12H22N2O3S. The first kappa shape index (κ1) is 15.3. The molecule has 1 aliphatic heterocycles. The molecule has 1 aliphatic rings. The molecule has 0 spiro atoms. The largest absolute Gasteiger partial charge is 0.393 e. The maximum atomic E-state index is 12.0. The zero-order chi connectivity index (χ0) is 13.6. The Balaban J connectivity index is 2.50. The smallest absolute Gasteiger partial charge is 0.230 e. The second-order valence-electron chi connectivity index (χ2n) is 4.65. The van der Waals surface area contributed by atoms with E-state index in [2.05, 4.69) is 5.32 Å². The SMILES string of the molecule is CCCC(C(=O)NCC1(OC)CCOC1)C(N)=S. The first-order chi connectivity index (χ1) is 8.54. The number of carbonyl (C=O) groups excluding carboxylic acids is 1. The van der Waals surface area contributed by atoms with Gasteiger partial charge in [-0.25, -0.2) is 0 Å². The quantitative estimate of drug-likeness (QED) is 0.665. The van der Waals surface area contributed by atoms with Crippen molar-refractivity contribution in [1.82, 2.24) is 5.32 Å². The molecule has 0 aromatic carbocycles. The Morgan fingerprint density at radius 1 is 1.67 bits per heavy atom. The van der Waals surface area contributed by atoms with Crippen molar-refractivity contribution in [2.45, 2.75) is 31.8 Å². The van der Waals surface area contributed by atoms with Crippen LogP contribution in [0.25, 0.3) is 0 Å². The Morgan fingerprint density at radius 2 is 2.39 bits per heavy atom. The summed E-state index contributed by atoms with van der Waals surface area (Å²) in [6.45, 7) is 3.61. The summed E-state index contributed by atoms with van der Waals surface area (Å²) >= 11 is 4.92. The number of rotatable bonds is 7. The predicted molar refractivity (Wildman–Crippen MR) is 73.4 cm³/mol. The predicted octanol–water partition coefficient (Wildman–Crippen LogP) is 0.611. The second-order valence-corrected chi connectivity index (χ2v) is 5.12. The van der Waals surface area contributed by atoms with Crippen LogP contribution >= 0.6 is 12.2 Å². The minimum absolute atomic E-state index is 0.118. The molecule has 0 saturated carbocycles. The molecule has 1 fully saturated rings. The highest BCUT2D eigenvalue weighted by molar-refractivity contribution is 7.80. The molecule has 6 heteroatoms. The van der Waals surface area contributed by atoms with E-state index in [1.807, 2.05) is 6.92 Å². The molecule has 0 aromatic heterocycles. The molecule has 5 nitrogen and oxygen atoms in total. The topological polar surface area (TPSA) is 73.6 Å². The van der Waals surface area contributed by atoms with Crippen LogP contribution in [-0.2, 0) is 14.3 Å². The van der Waals surface area contributed by atoms with Crippen molar-refractivity contribution >= 4 is 23.1 Å². The molecule has 2 unspecified atom stereocenters. The lowest BCUT2D eigenvalue weighted by Crippen LogP contribution is -2.48. The van der Waals surface area contributed by atoms with E-state index in [1.165, 1.54) is 0 Å². The van der Waals surface area contributed by atoms with Gasteiger partial charge >= 0.3 is 0 Å². The van der Waals surface area contributed by atoms with Gasteiger partial charge in [0.05, 0.1) is 17.5 Å². The van der Waals surface area contributed by atoms with Gasteiger partial charge in [-0.3, -0.25) is 4.79 Å². The number of ether oxygens (including phenoxy) is 2. The van der Waals surface area contributed by atoms with E-state index < -0.39 is 5.60 Å². The monoisotopic (exact) mass is 274 g/mol. The van der Waals surface area contributed by atoms with Crippen LogP contribution in [0.15, 0.2) is 0 Å². The summed E-state index contributed by atoms with van der Waals surface area (Å²) in [6, 6.07) is 0. The van der Waals surface area contributed by atoms with Gasteiger partial charge in [-0.1, -0.05) is 25.6 Å². The standard InChI is InChI=1S/C12H22N2O3S/c1-3-4-9(10(13)18)11(15)14-7-12(16-2)5-6-17-8-12/h9H,3-8H2,1-2H3,(H2,13,18)(H,14,15). The Morgan fingerprint density at radius 3 is 2.83 bits per heavy atom. The van der Waals surface area contributed by atoms with E-state index in [1.54, 1.807) is 7.11 Å². The molecule has 1 saturated heterocycles. The van der Waals surface area contributed by atoms with E-state index in [0.29, 0.717) is 26.2 Å². The first-order valence-electron chi connectivity index (χ1n) is 6.24. The lowest BCUT2D eigenvalue weighted by molar-refractivity contribution is -0.124. The molecule has 3 N–H and O–H groups in total. The zero-order valence-corrected chi connectivity index (χ0v) is 11.8. The normalized spacial score (nSPS) is 24.8. The Bertz CT molecular complexity index is 304. The minimum atomic E-state index is -0.400. The first-order valence-corrected chi connectivity index (χ1v) is 6.65. The maximum absolute atomic E-state index is 12.0. The molecule has 0 aromatic rings. The molecule has 0 bridgehead atoms. The van der Waals surface area contributed by atoms with Crippen molar-refractivity contribution in [2.24, 2.45) is 11.7 Å². The zero-order valence-electron chi connectivity index (χ0n) is 11.0. The minimum Gasteiger partial charge on any atom is -0.393 e. The van der Waals surface area contributed by atoms with Crippen LogP contribution < -0.4 is 11.1 Å². The van der Waals surface area contributed by atoms with Crippen LogP contribution in [0.1, 0.15) is 26.2 Å². The van der Waals surface area contributed by atoms with Crippen molar-refractivity contribution in [2.75, 3.05) is 26.9 Å². The Hall–Kier alpha value is -0.720. The Labute approximate surface area is 113 Å². The number of hydrogen-bond acceptors (Lipinski definition) is 4. The molecule has 0 aliphatic carbocycles. The summed E-state index contributed by atoms with van der Waals surface area (Å²) in [4.78, 5) is 12.3. The van der Waals surface area contributed by atoms with Crippen molar-refractivity contribution in [1.29, 1.82) is 0 Å². The van der Waals surface area contributed by atoms with Crippen molar-refractivity contribution < 1.29 is 14.3 Å². The lowest BCUT2D eigenvalue weighted by Gasteiger charge is -2.27. The summed E-state index contributed by atoms with van der Waals surface area (Å²) in [5, 5.41) is 2.87. The van der Waals surface area contributed by atoms with Crippen molar-refractivity contribution in [3.05, 3.63) is 0 Å². The Kier molecular flexibility index (Phi) is 5.98. The average Bonchev–Trinajstić information content (AvgIpc) is 2.82. The highest BCUT2D eigenvalue weighted by Gasteiger charge is 2.36. The van der Waals surface area contributed by atoms with E-state index in [4.69, 9.17) is 27.4 Å². The highest BCUT2D eigenvalue weighted by atomic mass is 32.1. The van der Waals surface area contributed by atoms with E-state index in [0.717, 1.165) is 12.8 Å². The summed E-state index contributed by atoms with van der Waals surface area (Å²) in [6.07, 6.45) is 2.33. The van der Waals surface area contributed by atoms with Gasteiger partial charge in [0.25, 0.3) is 0 Å². The van der Waals surface area contributed by atoms with Crippen LogP contribution in [0, 0.1) is 5.92 Å². The van der Waals surface area contributed by atoms with E-state index >= 15 is 0 Å². The number of carbonyl (C=O) groups is 1. The fourth-order valence-electron chi connectivity index (χ4n) is 2.02. The van der Waals surface area contributed by atoms with Gasteiger partial charge in [0.2, 0.25) is 5.91 Å². The van der Waals surface area contributed by atoms with Crippen LogP contribution in [0.5, 0.6) is 0 Å². The maximum Gasteiger partial charge on any atom is 0.230 e. The molecule has 1 rings (SSSR count). The third kappa shape index (κ3) is 3.90. The van der Waals surface area contributed by atoms with Gasteiger partial charge in [-0.2, -0.15) is 0 Å². The molecule has 0 radical (unpaired) electrons. The summed E-state index contributed by atoms with van der Waals surface area (Å²) in [7, 11) is 1.64. The molecule has 1 amide bonds. The summed E-state index contributed by atoms with van der Waals surface area (Å²) < 4.78 is 10.8. The molecule has 104 valence electrons. The third-order valence-corrected chi connectivity index (χ3v) is 3.61. The number of nitrogens with two attached hydrogens (primary N) is 1. The number of nitrogens with one attached hydrogen (secondary N) is 1. The number of hydrogen-bond donors (Lipinski definition) is 2. The van der Waals surface area contributed by atoms with Crippen LogP contribution in [0.3, 0.4) is 0 Å². The number of amides is 1. The van der Waals surface area contributed by atoms with Crippen LogP contribution in [0.4, 0.5) is 0 Å². The fourth-order valence-corrected chi connectivity index (χ4v) is 2.25. The number of thiocarbonyl (C=S) groups is 1. The molecule has 2 atom stereocenters. The lowest BCUT2D eigenvalue weighted by atomic mass is 10.0. The third-order valence-electron chi connectivity index (χ3n) is 3.32. The highest BCUT2D eigenvalue weighted by Crippen LogP contribution is 2.21. The van der Waals surface area contributed by atoms with E-state index in [-0.39, 0.29) is 16.8 Å². The fraction of sp³-hybridized carbons (Fsp3) is 0.833. The molecule has 1 heterocycles. The van der Waals surface area contributed by atoms with Crippen molar-refractivity contribution in [3.8, 4) is 0 Å². The van der Waals surface area contributed by atoms with Gasteiger partial charge in [-0.15, -0.1) is 0 Å². The van der Waals surface area contributed by atoms with Gasteiger partial charge < -0.3 is 20.5 Å². The van der Waals surface area contributed by atoms with Crippen LogP contribution in [-0.4, -0.2) is 43.4 Å². The molecule has 18 heavy (non-hydrogen) atoms. The van der Waals surface area contributed by atoms with Crippen molar-refractivity contribution in [3.63, 3.8) is 0 Å². The summed E-state index contributed by atoms with van der Waals surface area (Å²) in [5.74, 6) is -0.506. The molecular weight excluding hydrogens is 252 g/mol. The van der Waals surface area contributed by atoms with E-state index in [9.17, 15) is 4.79 Å². The number of methoxy groups -OCH3 is 1.